The Morgan fingerprint density at radius 3 is 2.22 bits per heavy atom. The molecule has 2 aromatic carbocycles. The molecule has 0 spiro atoms. The van der Waals surface area contributed by atoms with Crippen LogP contribution in [0.1, 0.15) is 29.3 Å². The summed E-state index contributed by atoms with van der Waals surface area (Å²) in [5.74, 6) is -4.87. The molecule has 0 aromatic heterocycles. The van der Waals surface area contributed by atoms with Crippen LogP contribution in [-0.2, 0) is 19.1 Å². The third kappa shape index (κ3) is 3.66. The number of esters is 1. The second kappa shape index (κ2) is 7.55. The molecule has 0 amide bonds. The quantitative estimate of drug-likeness (QED) is 0.480. The number of Topliss-reactive ketones (excluding diaryl/α,β-unsaturated/α-hetero) is 2. The van der Waals surface area contributed by atoms with Crippen molar-refractivity contribution in [1.29, 1.82) is 0 Å². The SMILES string of the molecule is CCOC(=O)CC1(O)OC(c2ccccc2)=C(C(=O)c2ccccc2)C1=O. The Hall–Kier alpha value is -3.25. The van der Waals surface area contributed by atoms with Crippen molar-refractivity contribution >= 4 is 23.3 Å². The highest BCUT2D eigenvalue weighted by Gasteiger charge is 2.52. The van der Waals surface area contributed by atoms with E-state index in [1.54, 1.807) is 67.6 Å². The highest BCUT2D eigenvalue weighted by Crippen LogP contribution is 2.38. The molecule has 138 valence electrons. The van der Waals surface area contributed by atoms with Crippen LogP contribution < -0.4 is 0 Å². The lowest BCUT2D eigenvalue weighted by Gasteiger charge is -2.21. The van der Waals surface area contributed by atoms with Gasteiger partial charge in [0.1, 0.15) is 17.8 Å². The average molecular weight is 366 g/mol. The van der Waals surface area contributed by atoms with Crippen LogP contribution in [0, 0.1) is 0 Å². The monoisotopic (exact) mass is 366 g/mol. The van der Waals surface area contributed by atoms with Crippen LogP contribution in [-0.4, -0.2) is 35.0 Å². The summed E-state index contributed by atoms with van der Waals surface area (Å²) in [6.45, 7) is 1.70. The first-order valence-corrected chi connectivity index (χ1v) is 8.47. The van der Waals surface area contributed by atoms with Gasteiger partial charge in [0.15, 0.2) is 0 Å². The number of ether oxygens (including phenoxy) is 2. The smallest absolute Gasteiger partial charge is 0.313 e. The van der Waals surface area contributed by atoms with Crippen molar-refractivity contribution in [2.45, 2.75) is 19.1 Å². The number of benzene rings is 2. The molecule has 6 nitrogen and oxygen atoms in total. The van der Waals surface area contributed by atoms with E-state index in [0.29, 0.717) is 5.56 Å². The second-order valence-electron chi connectivity index (χ2n) is 5.96. The van der Waals surface area contributed by atoms with Crippen molar-refractivity contribution in [3.05, 3.63) is 77.4 Å². The minimum atomic E-state index is -2.47. The molecule has 0 radical (unpaired) electrons. The zero-order valence-corrected chi connectivity index (χ0v) is 14.7. The van der Waals surface area contributed by atoms with Crippen molar-refractivity contribution < 1.29 is 29.0 Å². The normalized spacial score (nSPS) is 19.0. The maximum Gasteiger partial charge on any atom is 0.313 e. The number of aliphatic hydroxyl groups is 1. The molecule has 2 aromatic rings. The minimum absolute atomic E-state index is 0.0544. The van der Waals surface area contributed by atoms with E-state index in [1.165, 1.54) is 0 Å². The van der Waals surface area contributed by atoms with E-state index in [1.807, 2.05) is 0 Å². The van der Waals surface area contributed by atoms with Gasteiger partial charge in [0, 0.05) is 11.1 Å². The number of hydrogen-bond donors (Lipinski definition) is 1. The lowest BCUT2D eigenvalue weighted by Crippen LogP contribution is -2.40. The van der Waals surface area contributed by atoms with Gasteiger partial charge in [-0.05, 0) is 6.92 Å². The van der Waals surface area contributed by atoms with Crippen molar-refractivity contribution in [1.82, 2.24) is 0 Å². The van der Waals surface area contributed by atoms with Gasteiger partial charge in [0.05, 0.1) is 6.61 Å². The maximum absolute atomic E-state index is 13.0. The Morgan fingerprint density at radius 2 is 1.63 bits per heavy atom. The van der Waals surface area contributed by atoms with Gasteiger partial charge < -0.3 is 14.6 Å². The predicted molar refractivity (Wildman–Crippen MR) is 96.4 cm³/mol. The fourth-order valence-corrected chi connectivity index (χ4v) is 2.82. The van der Waals surface area contributed by atoms with Gasteiger partial charge in [-0.2, -0.15) is 0 Å². The largest absolute Gasteiger partial charge is 0.466 e. The predicted octanol–water partition coefficient (Wildman–Crippen LogP) is 2.52. The van der Waals surface area contributed by atoms with Crippen LogP contribution in [0.15, 0.2) is 66.2 Å². The number of carbonyl (C=O) groups is 3. The molecule has 1 aliphatic heterocycles. The van der Waals surface area contributed by atoms with Gasteiger partial charge in [-0.25, -0.2) is 0 Å². The van der Waals surface area contributed by atoms with Gasteiger partial charge in [0.2, 0.25) is 11.6 Å². The molecular formula is C21H18O6. The maximum atomic E-state index is 13.0. The topological polar surface area (TPSA) is 89.9 Å². The van der Waals surface area contributed by atoms with Crippen molar-refractivity contribution in [3.63, 3.8) is 0 Å². The van der Waals surface area contributed by atoms with Crippen LogP contribution in [0.2, 0.25) is 0 Å². The summed E-state index contributed by atoms with van der Waals surface area (Å²) in [5, 5.41) is 10.7. The molecule has 6 heteroatoms. The van der Waals surface area contributed by atoms with E-state index < -0.39 is 29.7 Å². The van der Waals surface area contributed by atoms with Crippen LogP contribution in [0.4, 0.5) is 0 Å². The van der Waals surface area contributed by atoms with E-state index in [4.69, 9.17) is 9.47 Å². The Morgan fingerprint density at radius 1 is 1.04 bits per heavy atom. The summed E-state index contributed by atoms with van der Waals surface area (Å²) in [6.07, 6.45) is -0.707. The molecular weight excluding hydrogens is 348 g/mol. The molecule has 0 saturated carbocycles. The molecule has 1 N–H and O–H groups in total. The Balaban J connectivity index is 2.05. The summed E-state index contributed by atoms with van der Waals surface area (Å²) >= 11 is 0. The van der Waals surface area contributed by atoms with Crippen molar-refractivity contribution in [2.24, 2.45) is 0 Å². The van der Waals surface area contributed by atoms with E-state index in [9.17, 15) is 19.5 Å². The van der Waals surface area contributed by atoms with Gasteiger partial charge in [0.25, 0.3) is 5.79 Å². The zero-order valence-electron chi connectivity index (χ0n) is 14.7. The first kappa shape index (κ1) is 18.5. The number of hydrogen-bond acceptors (Lipinski definition) is 6. The van der Waals surface area contributed by atoms with E-state index in [0.717, 1.165) is 0 Å². The van der Waals surface area contributed by atoms with E-state index >= 15 is 0 Å². The van der Waals surface area contributed by atoms with E-state index in [-0.39, 0.29) is 23.5 Å². The fourth-order valence-electron chi connectivity index (χ4n) is 2.82. The minimum Gasteiger partial charge on any atom is -0.466 e. The van der Waals surface area contributed by atoms with Gasteiger partial charge in [-0.15, -0.1) is 0 Å². The first-order valence-electron chi connectivity index (χ1n) is 8.47. The van der Waals surface area contributed by atoms with Gasteiger partial charge in [-0.3, -0.25) is 14.4 Å². The summed E-state index contributed by atoms with van der Waals surface area (Å²) in [5.41, 5.74) is 0.433. The summed E-state index contributed by atoms with van der Waals surface area (Å²) in [4.78, 5) is 37.7. The molecule has 1 heterocycles. The Bertz CT molecular complexity index is 901. The molecule has 0 aliphatic carbocycles. The molecule has 1 atom stereocenters. The van der Waals surface area contributed by atoms with Crippen molar-refractivity contribution in [3.8, 4) is 0 Å². The molecule has 27 heavy (non-hydrogen) atoms. The fraction of sp³-hybridized carbons (Fsp3) is 0.190. The van der Waals surface area contributed by atoms with Crippen molar-refractivity contribution in [2.75, 3.05) is 6.61 Å². The summed E-state index contributed by atoms with van der Waals surface area (Å²) < 4.78 is 10.3. The molecule has 0 saturated heterocycles. The third-order valence-electron chi connectivity index (χ3n) is 4.07. The zero-order chi connectivity index (χ0) is 19.4. The Labute approximate surface area is 156 Å². The first-order chi connectivity index (χ1) is 13.0. The van der Waals surface area contributed by atoms with Gasteiger partial charge in [-0.1, -0.05) is 60.7 Å². The van der Waals surface area contributed by atoms with E-state index in [2.05, 4.69) is 0 Å². The number of ketones is 2. The average Bonchev–Trinajstić information content (AvgIpc) is 2.93. The second-order valence-corrected chi connectivity index (χ2v) is 5.96. The number of rotatable bonds is 6. The lowest BCUT2D eigenvalue weighted by atomic mass is 9.94. The highest BCUT2D eigenvalue weighted by atomic mass is 16.6. The van der Waals surface area contributed by atoms with Crippen LogP contribution in [0.3, 0.4) is 0 Å². The summed E-state index contributed by atoms with van der Waals surface area (Å²) in [6, 6.07) is 16.7. The van der Waals surface area contributed by atoms with Crippen LogP contribution >= 0.6 is 0 Å². The standard InChI is InChI=1S/C21H18O6/c1-2-26-16(22)13-21(25)20(24)17(18(23)14-9-5-3-6-10-14)19(27-21)15-11-7-4-8-12-15/h3-12,25H,2,13H2,1H3. The lowest BCUT2D eigenvalue weighted by molar-refractivity contribution is -0.182. The van der Waals surface area contributed by atoms with Crippen LogP contribution in [0.25, 0.3) is 5.76 Å². The Kier molecular flexibility index (Phi) is 5.19. The van der Waals surface area contributed by atoms with Crippen LogP contribution in [0.5, 0.6) is 0 Å². The number of carbonyl (C=O) groups excluding carboxylic acids is 3. The summed E-state index contributed by atoms with van der Waals surface area (Å²) in [7, 11) is 0. The highest BCUT2D eigenvalue weighted by molar-refractivity contribution is 6.33. The molecule has 0 bridgehead atoms. The third-order valence-corrected chi connectivity index (χ3v) is 4.07. The van der Waals surface area contributed by atoms with Gasteiger partial charge >= 0.3 is 5.97 Å². The molecule has 1 aliphatic rings. The molecule has 1 unspecified atom stereocenters. The molecule has 0 fully saturated rings. The molecule has 3 rings (SSSR count).